The summed E-state index contributed by atoms with van der Waals surface area (Å²) in [4.78, 5) is 0. The van der Waals surface area contributed by atoms with Crippen LogP contribution in [-0.4, -0.2) is 12.4 Å². The normalized spacial score (nSPS) is 8.14. The maximum Gasteiger partial charge on any atom is 0.0880 e. The standard InChI is InChI=1S/C5H10OS/c1-2-6-4-3-5-7/h2,7H,1,3-5H2. The third kappa shape index (κ3) is 5.89. The highest BCUT2D eigenvalue weighted by Gasteiger charge is 1.76. The van der Waals surface area contributed by atoms with Crippen LogP contribution < -0.4 is 0 Å². The zero-order valence-corrected chi connectivity index (χ0v) is 5.16. The number of thiol groups is 1. The monoisotopic (exact) mass is 118 g/mol. The largest absolute Gasteiger partial charge is 0.502 e. The van der Waals surface area contributed by atoms with Crippen molar-refractivity contribution in [2.75, 3.05) is 12.4 Å². The second kappa shape index (κ2) is 5.89. The minimum absolute atomic E-state index is 0.743. The summed E-state index contributed by atoms with van der Waals surface area (Å²) in [5, 5.41) is 0. The fraction of sp³-hybridized carbons (Fsp3) is 0.600. The average molecular weight is 118 g/mol. The molecule has 0 spiro atoms. The van der Waals surface area contributed by atoms with Crippen molar-refractivity contribution < 1.29 is 4.74 Å². The quantitative estimate of drug-likeness (QED) is 0.334. The fourth-order valence-corrected chi connectivity index (χ4v) is 0.360. The Morgan fingerprint density at radius 3 is 2.86 bits per heavy atom. The van der Waals surface area contributed by atoms with Crippen LogP contribution in [0.3, 0.4) is 0 Å². The van der Waals surface area contributed by atoms with Crippen molar-refractivity contribution in [1.82, 2.24) is 0 Å². The number of rotatable bonds is 4. The molecule has 0 aliphatic rings. The lowest BCUT2D eigenvalue weighted by molar-refractivity contribution is 0.252. The Balaban J connectivity index is 2.56. The van der Waals surface area contributed by atoms with Gasteiger partial charge in [-0.05, 0) is 12.2 Å². The fourth-order valence-electron chi connectivity index (χ4n) is 0.231. The van der Waals surface area contributed by atoms with Crippen LogP contribution in [0.4, 0.5) is 0 Å². The molecule has 0 N–H and O–H groups in total. The first-order valence-electron chi connectivity index (χ1n) is 2.25. The molecule has 0 saturated heterocycles. The molecular formula is C5H10OS. The van der Waals surface area contributed by atoms with Gasteiger partial charge >= 0.3 is 0 Å². The Kier molecular flexibility index (Phi) is 5.80. The Morgan fingerprint density at radius 1 is 1.71 bits per heavy atom. The van der Waals surface area contributed by atoms with Gasteiger partial charge in [-0.25, -0.2) is 0 Å². The van der Waals surface area contributed by atoms with E-state index in [0.29, 0.717) is 0 Å². The van der Waals surface area contributed by atoms with Crippen molar-refractivity contribution in [3.63, 3.8) is 0 Å². The lowest BCUT2D eigenvalue weighted by Gasteiger charge is -1.93. The molecular weight excluding hydrogens is 108 g/mol. The molecule has 0 fully saturated rings. The van der Waals surface area contributed by atoms with E-state index in [0.717, 1.165) is 18.8 Å². The summed E-state index contributed by atoms with van der Waals surface area (Å²) in [6, 6.07) is 0. The maximum atomic E-state index is 4.79. The highest BCUT2D eigenvalue weighted by molar-refractivity contribution is 7.80. The van der Waals surface area contributed by atoms with Crippen LogP contribution in [0.15, 0.2) is 12.8 Å². The van der Waals surface area contributed by atoms with E-state index >= 15 is 0 Å². The van der Waals surface area contributed by atoms with Crippen LogP contribution in [0.5, 0.6) is 0 Å². The van der Waals surface area contributed by atoms with Crippen molar-refractivity contribution >= 4 is 12.6 Å². The molecule has 0 heterocycles. The van der Waals surface area contributed by atoms with Crippen molar-refractivity contribution in [2.24, 2.45) is 0 Å². The predicted octanol–water partition coefficient (Wildman–Crippen LogP) is 1.47. The minimum atomic E-state index is 0.743. The molecule has 0 rings (SSSR count). The van der Waals surface area contributed by atoms with E-state index in [2.05, 4.69) is 19.2 Å². The molecule has 0 aromatic heterocycles. The van der Waals surface area contributed by atoms with Gasteiger partial charge in [0.15, 0.2) is 0 Å². The summed E-state index contributed by atoms with van der Waals surface area (Å²) in [5.74, 6) is 0.883. The summed E-state index contributed by atoms with van der Waals surface area (Å²) in [6.45, 7) is 4.13. The molecule has 0 radical (unpaired) electrons. The van der Waals surface area contributed by atoms with Gasteiger partial charge in [0, 0.05) is 0 Å². The van der Waals surface area contributed by atoms with E-state index < -0.39 is 0 Å². The highest BCUT2D eigenvalue weighted by atomic mass is 32.1. The summed E-state index contributed by atoms with van der Waals surface area (Å²) >= 11 is 3.98. The van der Waals surface area contributed by atoms with Gasteiger partial charge in [-0.2, -0.15) is 12.6 Å². The number of hydrogen-bond donors (Lipinski definition) is 1. The summed E-state index contributed by atoms with van der Waals surface area (Å²) in [6.07, 6.45) is 2.44. The van der Waals surface area contributed by atoms with Crippen molar-refractivity contribution in [2.45, 2.75) is 6.42 Å². The molecule has 0 bridgehead atoms. The van der Waals surface area contributed by atoms with Crippen LogP contribution in [0.2, 0.25) is 0 Å². The van der Waals surface area contributed by atoms with Crippen LogP contribution in [0.1, 0.15) is 6.42 Å². The molecule has 0 aromatic carbocycles. The Morgan fingerprint density at radius 2 is 2.43 bits per heavy atom. The van der Waals surface area contributed by atoms with Gasteiger partial charge in [0.2, 0.25) is 0 Å². The van der Waals surface area contributed by atoms with Gasteiger partial charge in [-0.1, -0.05) is 6.58 Å². The van der Waals surface area contributed by atoms with Gasteiger partial charge in [0.05, 0.1) is 12.9 Å². The molecule has 0 aromatic rings. The predicted molar refractivity (Wildman–Crippen MR) is 34.6 cm³/mol. The van der Waals surface area contributed by atoms with Gasteiger partial charge in [0.1, 0.15) is 0 Å². The molecule has 7 heavy (non-hydrogen) atoms. The summed E-state index contributed by atoms with van der Waals surface area (Å²) in [5.41, 5.74) is 0. The molecule has 0 saturated carbocycles. The third-order valence-electron chi connectivity index (χ3n) is 0.538. The topological polar surface area (TPSA) is 9.23 Å². The second-order valence-electron chi connectivity index (χ2n) is 1.11. The lowest BCUT2D eigenvalue weighted by Crippen LogP contribution is -1.85. The molecule has 0 atom stereocenters. The molecule has 0 unspecified atom stereocenters. The van der Waals surface area contributed by atoms with Crippen LogP contribution >= 0.6 is 12.6 Å². The first kappa shape index (κ1) is 6.89. The third-order valence-corrected chi connectivity index (χ3v) is 0.854. The Labute approximate surface area is 49.8 Å². The first-order valence-corrected chi connectivity index (χ1v) is 2.88. The minimum Gasteiger partial charge on any atom is -0.502 e. The second-order valence-corrected chi connectivity index (χ2v) is 1.56. The van der Waals surface area contributed by atoms with Crippen LogP contribution in [-0.2, 0) is 4.74 Å². The van der Waals surface area contributed by atoms with E-state index in [1.807, 2.05) is 0 Å². The van der Waals surface area contributed by atoms with Crippen molar-refractivity contribution in [1.29, 1.82) is 0 Å². The van der Waals surface area contributed by atoms with Gasteiger partial charge in [-0.15, -0.1) is 0 Å². The summed E-state index contributed by atoms with van der Waals surface area (Å²) < 4.78 is 4.79. The number of hydrogen-bond acceptors (Lipinski definition) is 2. The smallest absolute Gasteiger partial charge is 0.0880 e. The average Bonchev–Trinajstić information content (AvgIpc) is 1.69. The molecule has 2 heteroatoms. The first-order chi connectivity index (χ1) is 3.41. The van der Waals surface area contributed by atoms with Crippen LogP contribution in [0, 0.1) is 0 Å². The van der Waals surface area contributed by atoms with Crippen LogP contribution in [0.25, 0.3) is 0 Å². The molecule has 1 nitrogen and oxygen atoms in total. The van der Waals surface area contributed by atoms with E-state index in [4.69, 9.17) is 4.74 Å². The van der Waals surface area contributed by atoms with Gasteiger partial charge in [0.25, 0.3) is 0 Å². The number of ether oxygens (including phenoxy) is 1. The Bertz CT molecular complexity index is 45.3. The highest BCUT2D eigenvalue weighted by Crippen LogP contribution is 1.83. The molecule has 42 valence electrons. The van der Waals surface area contributed by atoms with Gasteiger partial charge in [-0.3, -0.25) is 0 Å². The van der Waals surface area contributed by atoms with Crippen molar-refractivity contribution in [3.05, 3.63) is 12.8 Å². The van der Waals surface area contributed by atoms with E-state index in [-0.39, 0.29) is 0 Å². The lowest BCUT2D eigenvalue weighted by atomic mass is 10.5. The molecule has 0 aliphatic heterocycles. The van der Waals surface area contributed by atoms with E-state index in [1.165, 1.54) is 6.26 Å². The van der Waals surface area contributed by atoms with Crippen molar-refractivity contribution in [3.8, 4) is 0 Å². The Hall–Kier alpha value is -0.110. The van der Waals surface area contributed by atoms with Gasteiger partial charge < -0.3 is 4.74 Å². The van der Waals surface area contributed by atoms with E-state index in [9.17, 15) is 0 Å². The molecule has 0 aliphatic carbocycles. The zero-order chi connectivity index (χ0) is 5.54. The molecule has 0 amide bonds. The maximum absolute atomic E-state index is 4.79. The SMILES string of the molecule is C=COCCCS. The van der Waals surface area contributed by atoms with E-state index in [1.54, 1.807) is 0 Å². The summed E-state index contributed by atoms with van der Waals surface area (Å²) in [7, 11) is 0. The zero-order valence-electron chi connectivity index (χ0n) is 4.26.